The van der Waals surface area contributed by atoms with Gasteiger partial charge in [0.25, 0.3) is 0 Å². The van der Waals surface area contributed by atoms with Crippen LogP contribution in [0, 0.1) is 5.41 Å². The lowest BCUT2D eigenvalue weighted by molar-refractivity contribution is -0.0328. The number of unbranched alkanes of at least 4 members (excludes halogenated alkanes) is 3. The summed E-state index contributed by atoms with van der Waals surface area (Å²) in [5.74, 6) is 0. The zero-order chi connectivity index (χ0) is 12.2. The third-order valence-electron chi connectivity index (χ3n) is 2.30. The molecule has 0 saturated carbocycles. The molecule has 0 fully saturated rings. The molecule has 0 unspecified atom stereocenters. The van der Waals surface area contributed by atoms with E-state index in [2.05, 4.69) is 13.8 Å². The van der Waals surface area contributed by atoms with E-state index in [0.29, 0.717) is 0 Å². The van der Waals surface area contributed by atoms with Gasteiger partial charge in [-0.25, -0.2) is 0 Å². The predicted molar refractivity (Wildman–Crippen MR) is 60.6 cm³/mol. The van der Waals surface area contributed by atoms with E-state index >= 15 is 0 Å². The van der Waals surface area contributed by atoms with Crippen molar-refractivity contribution in [2.45, 2.75) is 39.5 Å². The Kier molecular flexibility index (Phi) is 13.7. The molecule has 0 saturated heterocycles. The summed E-state index contributed by atoms with van der Waals surface area (Å²) in [6, 6.07) is 0. The van der Waals surface area contributed by atoms with Crippen LogP contribution in [0.2, 0.25) is 0 Å². The molecule has 15 heavy (non-hydrogen) atoms. The van der Waals surface area contributed by atoms with Gasteiger partial charge >= 0.3 is 0 Å². The van der Waals surface area contributed by atoms with Crippen LogP contribution in [0.25, 0.3) is 0 Å². The molecule has 0 radical (unpaired) electrons. The van der Waals surface area contributed by atoms with Crippen LogP contribution in [-0.2, 0) is 0 Å². The normalized spacial score (nSPS) is 10.8. The maximum Gasteiger partial charge on any atom is 0.0627 e. The molecule has 0 aromatic carbocycles. The van der Waals surface area contributed by atoms with E-state index in [0.717, 1.165) is 0 Å². The first-order valence-electron chi connectivity index (χ1n) is 5.59. The molecule has 0 bridgehead atoms. The molecule has 0 atom stereocenters. The molecule has 0 aliphatic heterocycles. The van der Waals surface area contributed by atoms with Crippen molar-refractivity contribution in [2.24, 2.45) is 5.41 Å². The molecule has 0 aliphatic rings. The molecule has 0 aliphatic carbocycles. The zero-order valence-corrected chi connectivity index (χ0v) is 9.95. The first-order chi connectivity index (χ1) is 7.16. The van der Waals surface area contributed by atoms with Crippen LogP contribution in [0.1, 0.15) is 39.5 Å². The molecule has 0 aromatic rings. The van der Waals surface area contributed by atoms with Crippen molar-refractivity contribution in [3.05, 3.63) is 0 Å². The summed E-state index contributed by atoms with van der Waals surface area (Å²) in [5.41, 5.74) is -1.11. The van der Waals surface area contributed by atoms with Gasteiger partial charge in [-0.2, -0.15) is 0 Å². The molecule has 4 heteroatoms. The van der Waals surface area contributed by atoms with Gasteiger partial charge in [0.05, 0.1) is 31.8 Å². The highest BCUT2D eigenvalue weighted by Gasteiger charge is 2.26. The van der Waals surface area contributed by atoms with E-state index in [1.807, 2.05) is 0 Å². The summed E-state index contributed by atoms with van der Waals surface area (Å²) in [5, 5.41) is 34.0. The fraction of sp³-hybridized carbons (Fsp3) is 1.00. The minimum atomic E-state index is -1.11. The average Bonchev–Trinajstić information content (AvgIpc) is 2.31. The lowest BCUT2D eigenvalue weighted by atomic mass is 9.93. The molecule has 4 nitrogen and oxygen atoms in total. The topological polar surface area (TPSA) is 80.9 Å². The van der Waals surface area contributed by atoms with Gasteiger partial charge in [-0.05, 0) is 0 Å². The predicted octanol–water partition coefficient (Wildman–Crippen LogP) is 0.529. The highest BCUT2D eigenvalue weighted by Crippen LogP contribution is 2.11. The van der Waals surface area contributed by atoms with Crippen LogP contribution in [0.5, 0.6) is 0 Å². The van der Waals surface area contributed by atoms with E-state index < -0.39 is 31.8 Å². The van der Waals surface area contributed by atoms with Gasteiger partial charge in [0.2, 0.25) is 0 Å². The zero-order valence-electron chi connectivity index (χ0n) is 9.95. The van der Waals surface area contributed by atoms with Gasteiger partial charge in [0, 0.05) is 0 Å². The van der Waals surface area contributed by atoms with Crippen molar-refractivity contribution in [3.8, 4) is 0 Å². The maximum atomic E-state index is 8.50. The van der Waals surface area contributed by atoms with Gasteiger partial charge in [-0.1, -0.05) is 39.5 Å². The SMILES string of the molecule is CCCCCC.OCC(CO)(CO)CO. The summed E-state index contributed by atoms with van der Waals surface area (Å²) in [6.45, 7) is 2.84. The first kappa shape index (κ1) is 17.2. The Balaban J connectivity index is 0. The van der Waals surface area contributed by atoms with E-state index in [1.165, 1.54) is 25.7 Å². The standard InChI is InChI=1S/C6H14.C5H12O4/c1-3-5-6-4-2;6-1-5(2-7,3-8)4-9/h3-6H2,1-2H3;6-9H,1-4H2. The van der Waals surface area contributed by atoms with Gasteiger partial charge < -0.3 is 20.4 Å². The van der Waals surface area contributed by atoms with E-state index in [9.17, 15) is 0 Å². The van der Waals surface area contributed by atoms with Gasteiger partial charge in [0.15, 0.2) is 0 Å². The minimum absolute atomic E-state index is 0.406. The summed E-state index contributed by atoms with van der Waals surface area (Å²) < 4.78 is 0. The molecular formula is C11H26O4. The van der Waals surface area contributed by atoms with Gasteiger partial charge in [-0.15, -0.1) is 0 Å². The molecule has 0 rings (SSSR count). The highest BCUT2D eigenvalue weighted by molar-refractivity contribution is 4.74. The second kappa shape index (κ2) is 11.9. The fourth-order valence-corrected chi connectivity index (χ4v) is 0.800. The molecule has 0 amide bonds. The number of aliphatic hydroxyl groups is 4. The maximum absolute atomic E-state index is 8.50. The van der Waals surface area contributed by atoms with Crippen molar-refractivity contribution in [3.63, 3.8) is 0 Å². The smallest absolute Gasteiger partial charge is 0.0627 e. The summed E-state index contributed by atoms with van der Waals surface area (Å²) in [7, 11) is 0. The van der Waals surface area contributed by atoms with Crippen molar-refractivity contribution >= 4 is 0 Å². The Morgan fingerprint density at radius 2 is 0.933 bits per heavy atom. The molecule has 94 valence electrons. The summed E-state index contributed by atoms with van der Waals surface area (Å²) in [4.78, 5) is 0. The van der Waals surface area contributed by atoms with Gasteiger partial charge in [-0.3, -0.25) is 0 Å². The molecule has 0 spiro atoms. The average molecular weight is 222 g/mol. The molecule has 0 heterocycles. The third kappa shape index (κ3) is 8.81. The van der Waals surface area contributed by atoms with Gasteiger partial charge in [0.1, 0.15) is 0 Å². The lowest BCUT2D eigenvalue weighted by Gasteiger charge is -2.23. The largest absolute Gasteiger partial charge is 0.396 e. The van der Waals surface area contributed by atoms with Crippen molar-refractivity contribution in [1.82, 2.24) is 0 Å². The van der Waals surface area contributed by atoms with Crippen molar-refractivity contribution < 1.29 is 20.4 Å². The third-order valence-corrected chi connectivity index (χ3v) is 2.30. The Labute approximate surface area is 92.6 Å². The number of hydrogen-bond acceptors (Lipinski definition) is 4. The summed E-state index contributed by atoms with van der Waals surface area (Å²) >= 11 is 0. The van der Waals surface area contributed by atoms with Crippen LogP contribution < -0.4 is 0 Å². The van der Waals surface area contributed by atoms with E-state index in [-0.39, 0.29) is 0 Å². The Hall–Kier alpha value is -0.160. The van der Waals surface area contributed by atoms with Crippen LogP contribution in [0.15, 0.2) is 0 Å². The fourth-order valence-electron chi connectivity index (χ4n) is 0.800. The second-order valence-electron chi connectivity index (χ2n) is 3.84. The summed E-state index contributed by atoms with van der Waals surface area (Å²) in [6.07, 6.45) is 5.54. The minimum Gasteiger partial charge on any atom is -0.396 e. The Morgan fingerprint density at radius 1 is 0.667 bits per heavy atom. The first-order valence-corrected chi connectivity index (χ1v) is 5.59. The second-order valence-corrected chi connectivity index (χ2v) is 3.84. The lowest BCUT2D eigenvalue weighted by Crippen LogP contribution is -2.37. The molecular weight excluding hydrogens is 196 g/mol. The van der Waals surface area contributed by atoms with Crippen LogP contribution in [-0.4, -0.2) is 46.9 Å². The van der Waals surface area contributed by atoms with Crippen molar-refractivity contribution in [1.29, 1.82) is 0 Å². The molecule has 0 aromatic heterocycles. The molecule has 4 N–H and O–H groups in total. The van der Waals surface area contributed by atoms with Crippen LogP contribution >= 0.6 is 0 Å². The quantitative estimate of drug-likeness (QED) is 0.474. The van der Waals surface area contributed by atoms with Crippen molar-refractivity contribution in [2.75, 3.05) is 26.4 Å². The monoisotopic (exact) mass is 222 g/mol. The van der Waals surface area contributed by atoms with Crippen LogP contribution in [0.4, 0.5) is 0 Å². The highest BCUT2D eigenvalue weighted by atomic mass is 16.3. The Morgan fingerprint density at radius 3 is 1.00 bits per heavy atom. The number of rotatable bonds is 7. The Bertz CT molecular complexity index is 91.6. The van der Waals surface area contributed by atoms with E-state index in [1.54, 1.807) is 0 Å². The number of aliphatic hydroxyl groups excluding tert-OH is 4. The van der Waals surface area contributed by atoms with E-state index in [4.69, 9.17) is 20.4 Å². The number of hydrogen-bond donors (Lipinski definition) is 4. The van der Waals surface area contributed by atoms with Crippen LogP contribution in [0.3, 0.4) is 0 Å².